The zero-order chi connectivity index (χ0) is 99.1. The largest absolute Gasteiger partial charge is 0.495 e. The summed E-state index contributed by atoms with van der Waals surface area (Å²) in [6, 6.07) is 21.4. The molecule has 4 atom stereocenters. The maximum Gasteiger partial charge on any atom is 0.246 e. The van der Waals surface area contributed by atoms with Crippen LogP contribution in [0.1, 0.15) is 72.1 Å². The molecular formula is C98H102F4N22O12S4. The van der Waals surface area contributed by atoms with Gasteiger partial charge < -0.3 is 90.2 Å². The van der Waals surface area contributed by atoms with Crippen LogP contribution in [-0.4, -0.2) is 262 Å². The van der Waals surface area contributed by atoms with E-state index in [1.165, 1.54) is 111 Å². The zero-order valence-electron chi connectivity index (χ0n) is 78.7. The predicted octanol–water partition coefficient (Wildman–Crippen LogP) is 15.3. The number of hydrogen-bond donors (Lipinski definition) is 4. The second-order valence-corrected chi connectivity index (χ2v) is 38.4. The van der Waals surface area contributed by atoms with E-state index in [-0.39, 0.29) is 70.3 Å². The second kappa shape index (κ2) is 40.8. The number of rotatable bonds is 24. The molecule has 4 amide bonds. The number of thiophene rings is 4. The van der Waals surface area contributed by atoms with Crippen molar-refractivity contribution < 1.29 is 74.6 Å². The van der Waals surface area contributed by atoms with Gasteiger partial charge >= 0.3 is 0 Å². The number of carbonyl (C=O) groups is 4. The average Bonchev–Trinajstić information content (AvgIpc) is 1.60. The Hall–Kier alpha value is -14.7. The molecule has 8 N–H and O–H groups in total. The molecule has 12 aromatic heterocycles. The van der Waals surface area contributed by atoms with Gasteiger partial charge in [-0.2, -0.15) is 20.4 Å². The fourth-order valence-corrected chi connectivity index (χ4v) is 23.1. The van der Waals surface area contributed by atoms with Crippen molar-refractivity contribution in [2.45, 2.75) is 49.4 Å². The van der Waals surface area contributed by atoms with E-state index in [1.54, 1.807) is 117 Å². The molecule has 4 aliphatic heterocycles. The summed E-state index contributed by atoms with van der Waals surface area (Å²) < 4.78 is 113. The molecule has 16 heterocycles. The molecule has 20 rings (SSSR count). The molecule has 4 aromatic carbocycles. The fraction of sp³-hybridized carbons (Fsp3) is 0.306. The number of halogens is 4. The average molecular weight is 1980 g/mol. The molecule has 0 aliphatic carbocycles. The highest BCUT2D eigenvalue weighted by atomic mass is 32.1. The van der Waals surface area contributed by atoms with Crippen molar-refractivity contribution in [1.29, 1.82) is 0 Å². The van der Waals surface area contributed by atoms with E-state index in [4.69, 9.17) is 60.8 Å². The number of methoxy groups -OCH3 is 8. The third-order valence-electron chi connectivity index (χ3n) is 25.4. The highest BCUT2D eigenvalue weighted by molar-refractivity contribution is 7.24. The summed E-state index contributed by atoms with van der Waals surface area (Å²) in [6.45, 7) is 13.4. The summed E-state index contributed by atoms with van der Waals surface area (Å²) in [5, 5.41) is 19.5. The Morgan fingerprint density at radius 1 is 0.357 bits per heavy atom. The smallest absolute Gasteiger partial charge is 0.246 e. The zero-order valence-corrected chi connectivity index (χ0v) is 82.0. The van der Waals surface area contributed by atoms with Gasteiger partial charge in [-0.05, 0) is 115 Å². The minimum Gasteiger partial charge on any atom is -0.495 e. The topological polar surface area (TPSA) is 386 Å². The Kier molecular flexibility index (Phi) is 28.2. The monoisotopic (exact) mass is 1980 g/mol. The van der Waals surface area contributed by atoms with Crippen LogP contribution in [0.2, 0.25) is 0 Å². The molecule has 0 spiro atoms. The number of hydrogen-bond acceptors (Lipinski definition) is 30. The Labute approximate surface area is 816 Å². The third kappa shape index (κ3) is 18.3. The first-order chi connectivity index (χ1) is 67.6. The Morgan fingerprint density at radius 3 is 0.786 bits per heavy atom. The van der Waals surface area contributed by atoms with Gasteiger partial charge in [0.25, 0.3) is 0 Å². The summed E-state index contributed by atoms with van der Waals surface area (Å²) in [6.07, 6.45) is 18.5. The van der Waals surface area contributed by atoms with Crippen LogP contribution in [0.3, 0.4) is 0 Å². The second-order valence-electron chi connectivity index (χ2n) is 34.2. The Morgan fingerprint density at radius 2 is 0.579 bits per heavy atom. The summed E-state index contributed by atoms with van der Waals surface area (Å²) in [5.41, 5.74) is 34.8. The van der Waals surface area contributed by atoms with Gasteiger partial charge in [0.1, 0.15) is 70.4 Å². The molecule has 4 fully saturated rings. The number of amides is 4. The quantitative estimate of drug-likeness (QED) is 0.0322. The van der Waals surface area contributed by atoms with Gasteiger partial charge in [-0.3, -0.25) is 19.2 Å². The Bertz CT molecular complexity index is 7170. The summed E-state index contributed by atoms with van der Waals surface area (Å²) in [4.78, 5) is 80.8. The molecule has 42 heteroatoms. The number of ether oxygens (including phenoxy) is 8. The molecule has 16 aromatic rings. The van der Waals surface area contributed by atoms with E-state index in [9.17, 15) is 19.2 Å². The molecule has 0 saturated carbocycles. The number of anilines is 4. The van der Waals surface area contributed by atoms with Crippen molar-refractivity contribution in [2.24, 2.45) is 0 Å². The van der Waals surface area contributed by atoms with Crippen LogP contribution in [0.5, 0.6) is 46.0 Å². The lowest BCUT2D eigenvalue weighted by atomic mass is 10.0. The molecule has 0 radical (unpaired) electrons. The maximum absolute atomic E-state index is 15.1. The van der Waals surface area contributed by atoms with E-state index in [0.717, 1.165) is 90.2 Å². The van der Waals surface area contributed by atoms with E-state index < -0.39 is 23.3 Å². The van der Waals surface area contributed by atoms with E-state index >= 15 is 17.6 Å². The molecule has 0 bridgehead atoms. The number of fused-ring (bicyclic) bond motifs is 8. The SMILES string of the molecule is C=CC(=O)N1CC[C@@H](c2cc(-c3cc4c(F)c(OC)cc(OC)c4s3)c3c(N)ncnn23)C1.C=CC(=O)N1CC[C@H](c2cc(-c3cc4c(F)c(OC)cc(OC)c4s3)c3c(N)ncnn23)C1.COc1cc(OC)c2sc(-c3cc([C@@H]4CCN(C(=O)/C=C/CN(C)C)C4)n4ncnc(N)c34)cc2c1F.COc1cc(OC)c2sc(-c3cc([C@H]4CCN(C(=O)/C=C/CN(C)C)C4)n4ncnc(N)c34)cc2c1F. The number of benzene rings is 4. The van der Waals surface area contributed by atoms with Crippen LogP contribution in [-0.2, 0) is 19.2 Å². The lowest BCUT2D eigenvalue weighted by molar-refractivity contribution is -0.125. The van der Waals surface area contributed by atoms with Gasteiger partial charge in [-0.15, -0.1) is 45.3 Å². The van der Waals surface area contributed by atoms with Crippen molar-refractivity contribution >= 4 is 155 Å². The van der Waals surface area contributed by atoms with Crippen molar-refractivity contribution in [1.82, 2.24) is 87.8 Å². The number of carbonyl (C=O) groups excluding carboxylic acids is 4. The van der Waals surface area contributed by atoms with Gasteiger partial charge in [0, 0.05) is 212 Å². The number of aromatic nitrogens is 12. The van der Waals surface area contributed by atoms with Gasteiger partial charge in [-0.25, -0.2) is 55.6 Å². The van der Waals surface area contributed by atoms with Crippen molar-refractivity contribution in [2.75, 3.05) is 173 Å². The normalized spacial score (nSPS) is 16.0. The highest BCUT2D eigenvalue weighted by Gasteiger charge is 2.37. The number of likely N-dealkylation sites (tertiary alicyclic amines) is 4. The van der Waals surface area contributed by atoms with Crippen LogP contribution < -0.4 is 60.8 Å². The molecular weight excluding hydrogens is 1880 g/mol. The van der Waals surface area contributed by atoms with Crippen molar-refractivity contribution in [3.05, 3.63) is 194 Å². The first-order valence-electron chi connectivity index (χ1n) is 44.5. The van der Waals surface area contributed by atoms with Crippen molar-refractivity contribution in [3.8, 4) is 87.8 Å². The summed E-state index contributed by atoms with van der Waals surface area (Å²) >= 11 is 5.62. The van der Waals surface area contributed by atoms with Gasteiger partial charge in [-0.1, -0.05) is 25.3 Å². The number of nitrogen functional groups attached to an aromatic ring is 4. The van der Waals surface area contributed by atoms with Crippen LogP contribution in [0, 0.1) is 23.3 Å². The van der Waals surface area contributed by atoms with Crippen molar-refractivity contribution in [3.63, 3.8) is 0 Å². The molecule has 34 nitrogen and oxygen atoms in total. The maximum atomic E-state index is 15.1. The molecule has 0 unspecified atom stereocenters. The lowest BCUT2D eigenvalue weighted by Gasteiger charge is -2.14. The van der Waals surface area contributed by atoms with E-state index in [1.807, 2.05) is 84.2 Å². The lowest BCUT2D eigenvalue weighted by Crippen LogP contribution is -2.27. The minimum atomic E-state index is -0.446. The molecule has 4 aliphatic rings. The molecule has 140 heavy (non-hydrogen) atoms. The van der Waals surface area contributed by atoms with E-state index in [2.05, 4.69) is 53.5 Å². The van der Waals surface area contributed by atoms with Gasteiger partial charge in [0.15, 0.2) is 69.5 Å². The predicted molar refractivity (Wildman–Crippen MR) is 537 cm³/mol. The Balaban J connectivity index is 0.000000129. The number of likely N-dealkylation sites (N-methyl/N-ethyl adjacent to an activating group) is 2. The van der Waals surface area contributed by atoms with Crippen LogP contribution in [0.15, 0.2) is 148 Å². The fourth-order valence-electron chi connectivity index (χ4n) is 18.5. The van der Waals surface area contributed by atoms with Crippen LogP contribution >= 0.6 is 45.3 Å². The minimum absolute atomic E-state index is 0.000554. The third-order valence-corrected chi connectivity index (χ3v) is 30.2. The van der Waals surface area contributed by atoms with Gasteiger partial charge in [0.2, 0.25) is 23.6 Å². The molecule has 728 valence electrons. The van der Waals surface area contributed by atoms with Gasteiger partial charge in [0.05, 0.1) is 75.7 Å². The first-order valence-corrected chi connectivity index (χ1v) is 47.7. The molecule has 4 saturated heterocycles. The van der Waals surface area contributed by atoms with E-state index in [0.29, 0.717) is 174 Å². The number of nitrogens with two attached hydrogens (primary N) is 4. The first kappa shape index (κ1) is 96.9. The van der Waals surface area contributed by atoms with Crippen LogP contribution in [0.4, 0.5) is 40.8 Å². The summed E-state index contributed by atoms with van der Waals surface area (Å²) in [7, 11) is 19.7. The number of nitrogens with zero attached hydrogens (tertiary/aromatic N) is 18. The highest BCUT2D eigenvalue weighted by Crippen LogP contribution is 2.52. The van der Waals surface area contributed by atoms with Crippen LogP contribution in [0.25, 0.3) is 104 Å². The summed E-state index contributed by atoms with van der Waals surface area (Å²) in [5.74, 6) is 2.24. The standard InChI is InChI=1S/2C26H29FN6O3S.2C23H22FN5O3S/c2*1-31(2)8-5-6-22(34)32-9-7-15(13-32)18-10-16(24-26(28)29-14-30-33(18)24)21-11-17-23(27)19(35-3)12-20(36-4)25(17)37-21;2*1-4-19(30)28-6-5-12(10-28)15-7-13(21-23(25)26-11-27-29(15)21)18-8-14-20(24)16(31-2)9-17(32-3)22(14)33-18/h2*5-6,10-12,14-15H,7-9,13H2,1-4H3,(H2,28,29,30);2*4,7-9,11-12H,1,5-6,10H2,2-3H3,(H2,25,26,27)/b2*6-5+;;/t2*15-;2*12-/m1010/s1.